The van der Waals surface area contributed by atoms with Crippen LogP contribution in [-0.2, 0) is 16.6 Å². The van der Waals surface area contributed by atoms with E-state index in [1.165, 1.54) is 18.2 Å². The fraction of sp³-hybridized carbons (Fsp3) is 0.0769. The highest BCUT2D eigenvalue weighted by molar-refractivity contribution is 7.89. The van der Waals surface area contributed by atoms with Crippen LogP contribution in [0.4, 0.5) is 5.69 Å². The highest BCUT2D eigenvalue weighted by Gasteiger charge is 2.14. The van der Waals surface area contributed by atoms with Crippen molar-refractivity contribution in [1.29, 1.82) is 0 Å². The van der Waals surface area contributed by atoms with E-state index in [1.807, 2.05) is 30.3 Å². The lowest BCUT2D eigenvalue weighted by Gasteiger charge is -2.08. The zero-order chi connectivity index (χ0) is 13.9. The molecule has 2 rings (SSSR count). The number of anilines is 1. The molecule has 0 unspecified atom stereocenters. The summed E-state index contributed by atoms with van der Waals surface area (Å²) in [4.78, 5) is 0.0266. The SMILES string of the molecule is Nc1cc(S(=O)(=O)NCc2ccccc2)ccc1O. The molecule has 0 aliphatic carbocycles. The van der Waals surface area contributed by atoms with Gasteiger partial charge in [0.15, 0.2) is 0 Å². The molecule has 0 spiro atoms. The summed E-state index contributed by atoms with van der Waals surface area (Å²) >= 11 is 0. The molecule has 0 heterocycles. The second-order valence-electron chi connectivity index (χ2n) is 4.03. The zero-order valence-corrected chi connectivity index (χ0v) is 10.9. The molecule has 2 aromatic rings. The average molecular weight is 278 g/mol. The topological polar surface area (TPSA) is 92.4 Å². The second-order valence-corrected chi connectivity index (χ2v) is 5.80. The van der Waals surface area contributed by atoms with Crippen LogP contribution in [0.15, 0.2) is 53.4 Å². The minimum Gasteiger partial charge on any atom is -0.506 e. The van der Waals surface area contributed by atoms with Crippen LogP contribution >= 0.6 is 0 Å². The Bertz CT molecular complexity index is 670. The molecule has 0 aliphatic rings. The van der Waals surface area contributed by atoms with Crippen molar-refractivity contribution in [2.24, 2.45) is 0 Å². The van der Waals surface area contributed by atoms with Gasteiger partial charge in [0.05, 0.1) is 10.6 Å². The Hall–Kier alpha value is -2.05. The minimum absolute atomic E-state index is 0.0266. The van der Waals surface area contributed by atoms with Crippen molar-refractivity contribution in [3.8, 4) is 5.75 Å². The predicted molar refractivity (Wildman–Crippen MR) is 73.0 cm³/mol. The number of nitrogens with two attached hydrogens (primary N) is 1. The van der Waals surface area contributed by atoms with Gasteiger partial charge in [0.2, 0.25) is 10.0 Å². The fourth-order valence-electron chi connectivity index (χ4n) is 1.56. The molecule has 4 N–H and O–H groups in total. The molecule has 0 saturated carbocycles. The second kappa shape index (κ2) is 5.29. The van der Waals surface area contributed by atoms with Crippen LogP contribution in [0.25, 0.3) is 0 Å². The number of sulfonamides is 1. The number of nitrogens with one attached hydrogen (secondary N) is 1. The maximum atomic E-state index is 12.0. The Morgan fingerprint density at radius 3 is 2.42 bits per heavy atom. The molecule has 0 bridgehead atoms. The highest BCUT2D eigenvalue weighted by atomic mass is 32.2. The molecule has 5 nitrogen and oxygen atoms in total. The maximum Gasteiger partial charge on any atom is 0.240 e. The van der Waals surface area contributed by atoms with E-state index < -0.39 is 10.0 Å². The molecule has 0 aromatic heterocycles. The van der Waals surface area contributed by atoms with Crippen LogP contribution in [0.5, 0.6) is 5.75 Å². The Morgan fingerprint density at radius 2 is 1.79 bits per heavy atom. The van der Waals surface area contributed by atoms with E-state index in [0.29, 0.717) is 0 Å². The van der Waals surface area contributed by atoms with Gasteiger partial charge in [-0.1, -0.05) is 30.3 Å². The standard InChI is InChI=1S/C13H14N2O3S/c14-12-8-11(6-7-13(12)16)19(17,18)15-9-10-4-2-1-3-5-10/h1-8,15-16H,9,14H2. The van der Waals surface area contributed by atoms with Gasteiger partial charge in [-0.25, -0.2) is 13.1 Å². The van der Waals surface area contributed by atoms with Crippen molar-refractivity contribution in [3.05, 3.63) is 54.1 Å². The van der Waals surface area contributed by atoms with Gasteiger partial charge >= 0.3 is 0 Å². The maximum absolute atomic E-state index is 12.0. The van der Waals surface area contributed by atoms with E-state index in [-0.39, 0.29) is 22.9 Å². The van der Waals surface area contributed by atoms with Crippen molar-refractivity contribution < 1.29 is 13.5 Å². The summed E-state index contributed by atoms with van der Waals surface area (Å²) in [7, 11) is -3.64. The first kappa shape index (κ1) is 13.4. The molecule has 0 amide bonds. The first-order chi connectivity index (χ1) is 8.99. The minimum atomic E-state index is -3.64. The van der Waals surface area contributed by atoms with Gasteiger partial charge in [-0.2, -0.15) is 0 Å². The van der Waals surface area contributed by atoms with E-state index in [0.717, 1.165) is 5.56 Å². The van der Waals surface area contributed by atoms with Crippen LogP contribution in [0, 0.1) is 0 Å². The number of aromatic hydroxyl groups is 1. The third kappa shape index (κ3) is 3.24. The molecule has 100 valence electrons. The fourth-order valence-corrected chi connectivity index (χ4v) is 2.61. The number of nitrogen functional groups attached to an aromatic ring is 1. The third-order valence-electron chi connectivity index (χ3n) is 2.62. The normalized spacial score (nSPS) is 11.4. The van der Waals surface area contributed by atoms with Crippen molar-refractivity contribution in [1.82, 2.24) is 4.72 Å². The van der Waals surface area contributed by atoms with Crippen molar-refractivity contribution >= 4 is 15.7 Å². The van der Waals surface area contributed by atoms with Gasteiger partial charge in [-0.05, 0) is 23.8 Å². The lowest BCUT2D eigenvalue weighted by atomic mass is 10.2. The first-order valence-electron chi connectivity index (χ1n) is 5.61. The summed E-state index contributed by atoms with van der Waals surface area (Å²) in [6, 6.07) is 13.0. The summed E-state index contributed by atoms with van der Waals surface area (Å²) in [6.45, 7) is 0.198. The summed E-state index contributed by atoms with van der Waals surface area (Å²) in [5.41, 5.74) is 6.37. The van der Waals surface area contributed by atoms with E-state index in [9.17, 15) is 13.5 Å². The summed E-state index contributed by atoms with van der Waals surface area (Å²) in [6.07, 6.45) is 0. The number of phenolic OH excluding ortho intramolecular Hbond substituents is 1. The number of hydrogen-bond acceptors (Lipinski definition) is 4. The monoisotopic (exact) mass is 278 g/mol. The van der Waals surface area contributed by atoms with Gasteiger partial charge in [0.1, 0.15) is 5.75 Å². The predicted octanol–water partition coefficient (Wildman–Crippen LogP) is 1.45. The summed E-state index contributed by atoms with van der Waals surface area (Å²) < 4.78 is 26.5. The van der Waals surface area contributed by atoms with Gasteiger partial charge in [0.25, 0.3) is 0 Å². The van der Waals surface area contributed by atoms with Crippen LogP contribution in [0.3, 0.4) is 0 Å². The Labute approximate surface area is 111 Å². The smallest absolute Gasteiger partial charge is 0.240 e. The van der Waals surface area contributed by atoms with Crippen molar-refractivity contribution in [2.75, 3.05) is 5.73 Å². The molecule has 0 saturated heterocycles. The number of rotatable bonds is 4. The van der Waals surface area contributed by atoms with Crippen molar-refractivity contribution in [2.45, 2.75) is 11.4 Å². The van der Waals surface area contributed by atoms with Crippen LogP contribution in [-0.4, -0.2) is 13.5 Å². The molecule has 0 aliphatic heterocycles. The zero-order valence-electron chi connectivity index (χ0n) is 10.1. The van der Waals surface area contributed by atoms with Gasteiger partial charge in [-0.15, -0.1) is 0 Å². The molecule has 19 heavy (non-hydrogen) atoms. The number of phenols is 1. The lowest BCUT2D eigenvalue weighted by molar-refractivity contribution is 0.477. The Morgan fingerprint density at radius 1 is 1.11 bits per heavy atom. The molecule has 2 aromatic carbocycles. The van der Waals surface area contributed by atoms with Gasteiger partial charge in [0, 0.05) is 6.54 Å². The molecular weight excluding hydrogens is 264 g/mol. The van der Waals surface area contributed by atoms with E-state index >= 15 is 0 Å². The van der Waals surface area contributed by atoms with E-state index in [2.05, 4.69) is 4.72 Å². The quantitative estimate of drug-likeness (QED) is 0.583. The van der Waals surface area contributed by atoms with E-state index in [4.69, 9.17) is 5.73 Å². The van der Waals surface area contributed by atoms with Crippen LogP contribution in [0.1, 0.15) is 5.56 Å². The number of benzene rings is 2. The largest absolute Gasteiger partial charge is 0.506 e. The molecular formula is C13H14N2O3S. The Balaban J connectivity index is 2.16. The lowest BCUT2D eigenvalue weighted by Crippen LogP contribution is -2.23. The summed E-state index contributed by atoms with van der Waals surface area (Å²) in [5.74, 6) is -0.137. The van der Waals surface area contributed by atoms with E-state index in [1.54, 1.807) is 0 Å². The average Bonchev–Trinajstić information content (AvgIpc) is 2.41. The highest BCUT2D eigenvalue weighted by Crippen LogP contribution is 2.23. The van der Waals surface area contributed by atoms with Gasteiger partial charge in [-0.3, -0.25) is 0 Å². The molecule has 6 heteroatoms. The molecule has 0 radical (unpaired) electrons. The van der Waals surface area contributed by atoms with Gasteiger partial charge < -0.3 is 10.8 Å². The first-order valence-corrected chi connectivity index (χ1v) is 7.09. The molecule has 0 fully saturated rings. The Kier molecular flexibility index (Phi) is 3.73. The van der Waals surface area contributed by atoms with Crippen LogP contribution in [0.2, 0.25) is 0 Å². The third-order valence-corrected chi connectivity index (χ3v) is 4.02. The number of hydrogen-bond donors (Lipinski definition) is 3. The molecule has 0 atom stereocenters. The summed E-state index contributed by atoms with van der Waals surface area (Å²) in [5, 5.41) is 9.28. The van der Waals surface area contributed by atoms with Crippen molar-refractivity contribution in [3.63, 3.8) is 0 Å². The van der Waals surface area contributed by atoms with Crippen LogP contribution < -0.4 is 10.5 Å².